The normalized spacial score (nSPS) is 12.0. The van der Waals surface area contributed by atoms with Crippen molar-refractivity contribution in [3.8, 4) is 11.1 Å². The average molecular weight is 419 g/mol. The van der Waals surface area contributed by atoms with E-state index in [9.17, 15) is 9.90 Å². The maximum absolute atomic E-state index is 12.7. The zero-order valence-corrected chi connectivity index (χ0v) is 17.2. The van der Waals surface area contributed by atoms with Gasteiger partial charge in [-0.25, -0.2) is 4.98 Å². The first kappa shape index (κ1) is 19.7. The van der Waals surface area contributed by atoms with Gasteiger partial charge < -0.3 is 16.2 Å². The van der Waals surface area contributed by atoms with Crippen LogP contribution in [0.5, 0.6) is 0 Å². The minimum atomic E-state index is -1.30. The summed E-state index contributed by atoms with van der Waals surface area (Å²) in [6.45, 7) is 0. The highest BCUT2D eigenvalue weighted by Crippen LogP contribution is 2.28. The van der Waals surface area contributed by atoms with E-state index in [1.165, 1.54) is 5.39 Å². The van der Waals surface area contributed by atoms with Gasteiger partial charge in [0.05, 0.1) is 0 Å². The number of fused-ring (bicyclic) bond motifs is 2. The Morgan fingerprint density at radius 2 is 1.62 bits per heavy atom. The van der Waals surface area contributed by atoms with Crippen molar-refractivity contribution in [3.05, 3.63) is 103 Å². The zero-order chi connectivity index (χ0) is 22.1. The number of aromatic nitrogens is 1. The quantitative estimate of drug-likeness (QED) is 0.368. The molecule has 1 aromatic heterocycles. The SMILES string of the molecule is Nc1nccc2cc(NC(=O)C(O)c3cccc(-c4ccc5ccccc5c4)c3)ccc12. The third-order valence-electron chi connectivity index (χ3n) is 5.60. The van der Waals surface area contributed by atoms with Crippen LogP contribution in [0.1, 0.15) is 11.7 Å². The summed E-state index contributed by atoms with van der Waals surface area (Å²) in [7, 11) is 0. The second-order valence-corrected chi connectivity index (χ2v) is 7.71. The fraction of sp³-hybridized carbons (Fsp3) is 0.0370. The molecule has 1 heterocycles. The summed E-state index contributed by atoms with van der Waals surface area (Å²) in [5.74, 6) is -0.0621. The van der Waals surface area contributed by atoms with Crippen molar-refractivity contribution in [2.24, 2.45) is 0 Å². The molecule has 1 amide bonds. The fourth-order valence-corrected chi connectivity index (χ4v) is 3.90. The summed E-state index contributed by atoms with van der Waals surface area (Å²) < 4.78 is 0. The molecule has 0 saturated heterocycles. The molecule has 4 aromatic carbocycles. The summed E-state index contributed by atoms with van der Waals surface area (Å²) in [5, 5.41) is 17.5. The van der Waals surface area contributed by atoms with Gasteiger partial charge in [0.1, 0.15) is 5.82 Å². The van der Waals surface area contributed by atoms with E-state index < -0.39 is 12.0 Å². The van der Waals surface area contributed by atoms with Gasteiger partial charge >= 0.3 is 0 Å². The number of hydrogen-bond acceptors (Lipinski definition) is 4. The predicted octanol–water partition coefficient (Wildman–Crippen LogP) is 5.31. The topological polar surface area (TPSA) is 88.2 Å². The predicted molar refractivity (Wildman–Crippen MR) is 129 cm³/mol. The molecule has 5 heteroatoms. The fourth-order valence-electron chi connectivity index (χ4n) is 3.90. The van der Waals surface area contributed by atoms with Crippen LogP contribution in [0.25, 0.3) is 32.7 Å². The van der Waals surface area contributed by atoms with Crippen molar-refractivity contribution in [3.63, 3.8) is 0 Å². The number of aliphatic hydroxyl groups is 1. The molecule has 0 saturated carbocycles. The first-order valence-corrected chi connectivity index (χ1v) is 10.3. The number of nitrogens with zero attached hydrogens (tertiary/aromatic N) is 1. The van der Waals surface area contributed by atoms with Crippen LogP contribution in [-0.4, -0.2) is 16.0 Å². The van der Waals surface area contributed by atoms with Crippen LogP contribution in [0.15, 0.2) is 97.2 Å². The number of carbonyl (C=O) groups excluding carboxylic acids is 1. The van der Waals surface area contributed by atoms with Gasteiger partial charge in [0, 0.05) is 17.3 Å². The minimum absolute atomic E-state index is 0.436. The van der Waals surface area contributed by atoms with Crippen molar-refractivity contribution in [2.45, 2.75) is 6.10 Å². The average Bonchev–Trinajstić information content (AvgIpc) is 2.83. The van der Waals surface area contributed by atoms with E-state index in [-0.39, 0.29) is 0 Å². The van der Waals surface area contributed by atoms with E-state index in [2.05, 4.69) is 34.6 Å². The highest BCUT2D eigenvalue weighted by Gasteiger charge is 2.18. The molecule has 5 aromatic rings. The maximum atomic E-state index is 12.7. The number of pyridine rings is 1. The van der Waals surface area contributed by atoms with Gasteiger partial charge in [-0.2, -0.15) is 0 Å². The molecule has 0 radical (unpaired) electrons. The van der Waals surface area contributed by atoms with Crippen LogP contribution in [0.2, 0.25) is 0 Å². The molecule has 0 fully saturated rings. The first-order chi connectivity index (χ1) is 15.6. The molecule has 0 aliphatic rings. The number of carbonyl (C=O) groups is 1. The smallest absolute Gasteiger partial charge is 0.257 e. The van der Waals surface area contributed by atoms with Gasteiger partial charge in [-0.1, -0.05) is 54.6 Å². The lowest BCUT2D eigenvalue weighted by atomic mass is 9.98. The Morgan fingerprint density at radius 1 is 0.812 bits per heavy atom. The van der Waals surface area contributed by atoms with Gasteiger partial charge in [-0.3, -0.25) is 4.79 Å². The Balaban J connectivity index is 1.39. The number of rotatable bonds is 4. The first-order valence-electron chi connectivity index (χ1n) is 10.3. The molecule has 156 valence electrons. The van der Waals surface area contributed by atoms with Gasteiger partial charge in [-0.15, -0.1) is 0 Å². The number of benzene rings is 4. The summed E-state index contributed by atoms with van der Waals surface area (Å²) in [6, 6.07) is 29.0. The van der Waals surface area contributed by atoms with E-state index in [1.54, 1.807) is 24.4 Å². The summed E-state index contributed by atoms with van der Waals surface area (Å²) >= 11 is 0. The van der Waals surface area contributed by atoms with Gasteiger partial charge in [0.2, 0.25) is 0 Å². The molecule has 32 heavy (non-hydrogen) atoms. The van der Waals surface area contributed by atoms with E-state index in [4.69, 9.17) is 5.73 Å². The maximum Gasteiger partial charge on any atom is 0.257 e. The Labute approximate surface area is 185 Å². The van der Waals surface area contributed by atoms with Crippen molar-refractivity contribution in [1.29, 1.82) is 0 Å². The Kier molecular flexibility index (Phi) is 5.01. The molecule has 5 nitrogen and oxygen atoms in total. The van der Waals surface area contributed by atoms with E-state index in [0.717, 1.165) is 27.3 Å². The minimum Gasteiger partial charge on any atom is -0.383 e. The van der Waals surface area contributed by atoms with E-state index in [0.29, 0.717) is 17.1 Å². The summed E-state index contributed by atoms with van der Waals surface area (Å²) in [6.07, 6.45) is 0.324. The molecular weight excluding hydrogens is 398 g/mol. The molecular formula is C27H21N3O2. The highest BCUT2D eigenvalue weighted by molar-refractivity contribution is 5.99. The van der Waals surface area contributed by atoms with Gasteiger partial charge in [0.25, 0.3) is 5.91 Å². The zero-order valence-electron chi connectivity index (χ0n) is 17.2. The molecule has 0 aliphatic heterocycles. The van der Waals surface area contributed by atoms with Gasteiger partial charge in [0.15, 0.2) is 6.10 Å². The lowest BCUT2D eigenvalue weighted by Gasteiger charge is -2.14. The standard InChI is InChI=1S/C27H21N3O2/c28-26-24-11-10-23(16-21(24)12-13-29-26)30-27(32)25(31)22-7-3-6-19(15-22)20-9-8-17-4-1-2-5-18(17)14-20/h1-16,25,31H,(H2,28,29)(H,30,32). The molecule has 0 bridgehead atoms. The van der Waals surface area contributed by atoms with Crippen LogP contribution in [0.3, 0.4) is 0 Å². The van der Waals surface area contributed by atoms with Crippen molar-refractivity contribution in [1.82, 2.24) is 4.98 Å². The molecule has 0 spiro atoms. The van der Waals surface area contributed by atoms with Crippen LogP contribution in [-0.2, 0) is 4.79 Å². The Bertz CT molecular complexity index is 1460. The second-order valence-electron chi connectivity index (χ2n) is 7.71. The van der Waals surface area contributed by atoms with Crippen molar-refractivity contribution < 1.29 is 9.90 Å². The summed E-state index contributed by atoms with van der Waals surface area (Å²) in [4.78, 5) is 16.8. The monoisotopic (exact) mass is 419 g/mol. The number of aliphatic hydroxyl groups excluding tert-OH is 1. The Morgan fingerprint density at radius 3 is 2.50 bits per heavy atom. The second kappa shape index (κ2) is 8.13. The number of nitrogen functional groups attached to an aromatic ring is 1. The number of anilines is 2. The van der Waals surface area contributed by atoms with Crippen LogP contribution in [0.4, 0.5) is 11.5 Å². The highest BCUT2D eigenvalue weighted by atomic mass is 16.3. The van der Waals surface area contributed by atoms with Crippen LogP contribution < -0.4 is 11.1 Å². The number of amides is 1. The van der Waals surface area contributed by atoms with E-state index >= 15 is 0 Å². The molecule has 0 aliphatic carbocycles. The molecule has 1 unspecified atom stereocenters. The largest absolute Gasteiger partial charge is 0.383 e. The number of nitrogens with one attached hydrogen (secondary N) is 1. The van der Waals surface area contributed by atoms with Crippen molar-refractivity contribution >= 4 is 39.0 Å². The van der Waals surface area contributed by atoms with Crippen molar-refractivity contribution in [2.75, 3.05) is 11.1 Å². The lowest BCUT2D eigenvalue weighted by Crippen LogP contribution is -2.20. The molecule has 4 N–H and O–H groups in total. The van der Waals surface area contributed by atoms with Crippen LogP contribution in [0, 0.1) is 0 Å². The molecule has 5 rings (SSSR count). The third kappa shape index (κ3) is 3.77. The number of hydrogen-bond donors (Lipinski definition) is 3. The Hall–Kier alpha value is -4.22. The summed E-state index contributed by atoms with van der Waals surface area (Å²) in [5.41, 5.74) is 8.96. The molecule has 1 atom stereocenters. The third-order valence-corrected chi connectivity index (χ3v) is 5.60. The van der Waals surface area contributed by atoms with Gasteiger partial charge in [-0.05, 0) is 69.2 Å². The lowest BCUT2D eigenvalue weighted by molar-refractivity contribution is -0.124. The van der Waals surface area contributed by atoms with Crippen LogP contribution >= 0.6 is 0 Å². The van der Waals surface area contributed by atoms with E-state index in [1.807, 2.05) is 48.5 Å². The number of nitrogens with two attached hydrogens (primary N) is 1.